The molecule has 3 nitrogen and oxygen atoms in total. The molecule has 0 heterocycles. The molecular formula is C13H13F3O3. The Hall–Kier alpha value is -1.85. The number of halogens is 3. The van der Waals surface area contributed by atoms with E-state index in [4.69, 9.17) is 5.11 Å². The Morgan fingerprint density at radius 1 is 1.11 bits per heavy atom. The molecule has 2 atom stereocenters. The van der Waals surface area contributed by atoms with Crippen LogP contribution in [-0.2, 0) is 11.0 Å². The summed E-state index contributed by atoms with van der Waals surface area (Å²) in [5, 5.41) is 8.80. The van der Waals surface area contributed by atoms with E-state index in [2.05, 4.69) is 0 Å². The number of carbonyl (C=O) groups is 2. The molecule has 2 unspecified atom stereocenters. The lowest BCUT2D eigenvalue weighted by molar-refractivity contribution is -0.142. The summed E-state index contributed by atoms with van der Waals surface area (Å²) < 4.78 is 38.3. The van der Waals surface area contributed by atoms with Gasteiger partial charge in [0.2, 0.25) is 0 Å². The first-order valence-corrected chi connectivity index (χ1v) is 5.59. The van der Waals surface area contributed by atoms with E-state index in [0.29, 0.717) is 0 Å². The Morgan fingerprint density at radius 3 is 2.11 bits per heavy atom. The summed E-state index contributed by atoms with van der Waals surface area (Å²) >= 11 is 0. The van der Waals surface area contributed by atoms with Crippen molar-refractivity contribution in [2.24, 2.45) is 11.8 Å². The van der Waals surface area contributed by atoms with Crippen molar-refractivity contribution in [3.8, 4) is 0 Å². The second-order valence-electron chi connectivity index (χ2n) is 4.32. The standard InChI is InChI=1S/C13H13F3O3/c1-7(8(2)12(18)19)11(17)9-5-3-4-6-10(9)13(14,15)16/h3-8H,1-2H3,(H,18,19). The number of hydrogen-bond acceptors (Lipinski definition) is 2. The Balaban J connectivity index is 3.17. The van der Waals surface area contributed by atoms with Crippen LogP contribution in [0.1, 0.15) is 29.8 Å². The van der Waals surface area contributed by atoms with Gasteiger partial charge in [0.15, 0.2) is 5.78 Å². The minimum absolute atomic E-state index is 0.490. The molecule has 0 aliphatic carbocycles. The normalized spacial score (nSPS) is 14.8. The first-order chi connectivity index (χ1) is 8.66. The van der Waals surface area contributed by atoms with Crippen LogP contribution in [0.15, 0.2) is 24.3 Å². The fourth-order valence-corrected chi connectivity index (χ4v) is 1.63. The monoisotopic (exact) mass is 274 g/mol. The smallest absolute Gasteiger partial charge is 0.417 e. The second kappa shape index (κ2) is 5.42. The first kappa shape index (κ1) is 15.2. The molecule has 0 radical (unpaired) electrons. The molecule has 1 aromatic rings. The molecule has 6 heteroatoms. The van der Waals surface area contributed by atoms with Crippen LogP contribution >= 0.6 is 0 Å². The molecule has 1 rings (SSSR count). The lowest BCUT2D eigenvalue weighted by Gasteiger charge is -2.18. The van der Waals surface area contributed by atoms with Crippen molar-refractivity contribution in [3.05, 3.63) is 35.4 Å². The minimum Gasteiger partial charge on any atom is -0.481 e. The average molecular weight is 274 g/mol. The van der Waals surface area contributed by atoms with E-state index in [1.54, 1.807) is 0 Å². The molecule has 104 valence electrons. The number of hydrogen-bond donors (Lipinski definition) is 1. The number of benzene rings is 1. The van der Waals surface area contributed by atoms with Crippen LogP contribution in [0.5, 0.6) is 0 Å². The third-order valence-electron chi connectivity index (χ3n) is 3.05. The molecule has 0 spiro atoms. The quantitative estimate of drug-likeness (QED) is 0.857. The van der Waals surface area contributed by atoms with Crippen molar-refractivity contribution in [3.63, 3.8) is 0 Å². The zero-order chi connectivity index (χ0) is 14.8. The molecule has 19 heavy (non-hydrogen) atoms. The van der Waals surface area contributed by atoms with Gasteiger partial charge in [0.05, 0.1) is 11.5 Å². The van der Waals surface area contributed by atoms with Crippen molar-refractivity contribution < 1.29 is 27.9 Å². The highest BCUT2D eigenvalue weighted by molar-refractivity contribution is 6.00. The van der Waals surface area contributed by atoms with Crippen LogP contribution in [0, 0.1) is 11.8 Å². The third kappa shape index (κ3) is 3.33. The van der Waals surface area contributed by atoms with E-state index in [-0.39, 0.29) is 0 Å². The maximum absolute atomic E-state index is 12.8. The van der Waals surface area contributed by atoms with Crippen molar-refractivity contribution >= 4 is 11.8 Å². The summed E-state index contributed by atoms with van der Waals surface area (Å²) in [7, 11) is 0. The molecule has 0 aliphatic heterocycles. The SMILES string of the molecule is CC(C(=O)O)C(C)C(=O)c1ccccc1C(F)(F)F. The fourth-order valence-electron chi connectivity index (χ4n) is 1.63. The van der Waals surface area contributed by atoms with Crippen LogP contribution in [0.4, 0.5) is 13.2 Å². The molecule has 0 saturated carbocycles. The van der Waals surface area contributed by atoms with Gasteiger partial charge in [-0.1, -0.05) is 32.0 Å². The molecule has 0 aromatic heterocycles. The van der Waals surface area contributed by atoms with E-state index >= 15 is 0 Å². The number of alkyl halides is 3. The summed E-state index contributed by atoms with van der Waals surface area (Å²) in [4.78, 5) is 22.8. The Bertz CT molecular complexity index is 494. The van der Waals surface area contributed by atoms with Gasteiger partial charge in [0, 0.05) is 11.5 Å². The lowest BCUT2D eigenvalue weighted by atomic mass is 9.86. The van der Waals surface area contributed by atoms with Crippen molar-refractivity contribution in [1.29, 1.82) is 0 Å². The lowest BCUT2D eigenvalue weighted by Crippen LogP contribution is -2.27. The van der Waals surface area contributed by atoms with Crippen LogP contribution in [0.2, 0.25) is 0 Å². The van der Waals surface area contributed by atoms with Gasteiger partial charge in [-0.05, 0) is 6.07 Å². The van der Waals surface area contributed by atoms with E-state index in [1.807, 2.05) is 0 Å². The second-order valence-corrected chi connectivity index (χ2v) is 4.32. The summed E-state index contributed by atoms with van der Waals surface area (Å²) in [6.45, 7) is 2.61. The zero-order valence-electron chi connectivity index (χ0n) is 10.4. The Kier molecular flexibility index (Phi) is 4.34. The predicted octanol–water partition coefficient (Wildman–Crippen LogP) is 3.24. The van der Waals surface area contributed by atoms with Gasteiger partial charge in [-0.25, -0.2) is 0 Å². The van der Waals surface area contributed by atoms with Crippen LogP contribution in [0.3, 0.4) is 0 Å². The summed E-state index contributed by atoms with van der Waals surface area (Å²) in [5.74, 6) is -4.11. The summed E-state index contributed by atoms with van der Waals surface area (Å²) in [6, 6.07) is 4.38. The van der Waals surface area contributed by atoms with Crippen molar-refractivity contribution in [2.45, 2.75) is 20.0 Å². The van der Waals surface area contributed by atoms with E-state index < -0.39 is 40.9 Å². The van der Waals surface area contributed by atoms with Gasteiger partial charge in [-0.15, -0.1) is 0 Å². The maximum Gasteiger partial charge on any atom is 0.417 e. The molecule has 0 amide bonds. The highest BCUT2D eigenvalue weighted by Gasteiger charge is 2.37. The Morgan fingerprint density at radius 2 is 1.63 bits per heavy atom. The number of carboxylic acid groups (broad SMARTS) is 1. The summed E-state index contributed by atoms with van der Waals surface area (Å²) in [5.41, 5.74) is -1.53. The highest BCUT2D eigenvalue weighted by atomic mass is 19.4. The van der Waals surface area contributed by atoms with E-state index in [9.17, 15) is 22.8 Å². The molecular weight excluding hydrogens is 261 g/mol. The molecule has 0 fully saturated rings. The van der Waals surface area contributed by atoms with E-state index in [0.717, 1.165) is 12.1 Å². The molecule has 1 N–H and O–H groups in total. The number of Topliss-reactive ketones (excluding diaryl/α,β-unsaturated/α-hetero) is 1. The molecule has 0 bridgehead atoms. The maximum atomic E-state index is 12.8. The highest BCUT2D eigenvalue weighted by Crippen LogP contribution is 2.33. The van der Waals surface area contributed by atoms with E-state index in [1.165, 1.54) is 26.0 Å². The largest absolute Gasteiger partial charge is 0.481 e. The van der Waals surface area contributed by atoms with Crippen LogP contribution in [0.25, 0.3) is 0 Å². The van der Waals surface area contributed by atoms with Gasteiger partial charge in [0.1, 0.15) is 0 Å². The van der Waals surface area contributed by atoms with Crippen molar-refractivity contribution in [2.75, 3.05) is 0 Å². The van der Waals surface area contributed by atoms with Crippen molar-refractivity contribution in [1.82, 2.24) is 0 Å². The Labute approximate surface area is 108 Å². The molecule has 0 saturated heterocycles. The van der Waals surface area contributed by atoms with Gasteiger partial charge in [0.25, 0.3) is 0 Å². The summed E-state index contributed by atoms with van der Waals surface area (Å²) in [6.07, 6.45) is -4.64. The number of rotatable bonds is 4. The average Bonchev–Trinajstić information content (AvgIpc) is 2.35. The van der Waals surface area contributed by atoms with Gasteiger partial charge >= 0.3 is 12.1 Å². The first-order valence-electron chi connectivity index (χ1n) is 5.59. The number of aliphatic carboxylic acids is 1. The molecule has 0 aliphatic rings. The topological polar surface area (TPSA) is 54.4 Å². The fraction of sp³-hybridized carbons (Fsp3) is 0.385. The minimum atomic E-state index is -4.64. The zero-order valence-corrected chi connectivity index (χ0v) is 10.4. The molecule has 1 aromatic carbocycles. The van der Waals surface area contributed by atoms with Gasteiger partial charge < -0.3 is 5.11 Å². The number of carbonyl (C=O) groups excluding carboxylic acids is 1. The third-order valence-corrected chi connectivity index (χ3v) is 3.05. The van der Waals surface area contributed by atoms with Crippen LogP contribution < -0.4 is 0 Å². The van der Waals surface area contributed by atoms with Gasteiger partial charge in [-0.3, -0.25) is 9.59 Å². The number of carboxylic acids is 1. The number of ketones is 1. The van der Waals surface area contributed by atoms with Gasteiger partial charge in [-0.2, -0.15) is 13.2 Å². The van der Waals surface area contributed by atoms with Crippen LogP contribution in [-0.4, -0.2) is 16.9 Å². The predicted molar refractivity (Wildman–Crippen MR) is 61.7 cm³/mol.